The molecule has 2 aromatic rings. The topological polar surface area (TPSA) is 51.0 Å². The maximum absolute atomic E-state index is 12.5. The van der Waals surface area contributed by atoms with Crippen LogP contribution >= 0.6 is 0 Å². The van der Waals surface area contributed by atoms with Crippen LogP contribution in [0.15, 0.2) is 30.5 Å². The number of piperidine rings is 1. The Balaban J connectivity index is 1.63. The smallest absolute Gasteiger partial charge is 0.227 e. The summed E-state index contributed by atoms with van der Waals surface area (Å²) in [6.07, 6.45) is 6.00. The molecule has 1 aliphatic heterocycles. The van der Waals surface area contributed by atoms with Crippen LogP contribution in [0.5, 0.6) is 0 Å². The fraction of sp³-hybridized carbons (Fsp3) is 0.591. The van der Waals surface area contributed by atoms with E-state index in [1.807, 2.05) is 42.6 Å². The van der Waals surface area contributed by atoms with Crippen LogP contribution in [0.25, 0.3) is 11.4 Å². The van der Waals surface area contributed by atoms with E-state index in [0.717, 1.165) is 62.4 Å². The third-order valence-electron chi connectivity index (χ3n) is 5.26. The van der Waals surface area contributed by atoms with Crippen LogP contribution in [0, 0.1) is 11.3 Å². The molecule has 2 aromatic heterocycles. The molecule has 0 N–H and O–H groups in total. The Hall–Kier alpha value is -2.17. The maximum Gasteiger partial charge on any atom is 0.227 e. The lowest BCUT2D eigenvalue weighted by Crippen LogP contribution is -2.44. The van der Waals surface area contributed by atoms with Crippen LogP contribution in [-0.4, -0.2) is 38.7 Å². The second kappa shape index (κ2) is 8.24. The van der Waals surface area contributed by atoms with E-state index in [9.17, 15) is 4.79 Å². The van der Waals surface area contributed by atoms with Gasteiger partial charge in [-0.25, -0.2) is 0 Å². The van der Waals surface area contributed by atoms with Gasteiger partial charge in [0.25, 0.3) is 0 Å². The van der Waals surface area contributed by atoms with Gasteiger partial charge in [0, 0.05) is 36.9 Å². The number of hydrogen-bond donors (Lipinski definition) is 0. The van der Waals surface area contributed by atoms with Gasteiger partial charge in [0.15, 0.2) is 0 Å². The molecule has 3 rings (SSSR count). The third kappa shape index (κ3) is 4.76. The first-order valence-electron chi connectivity index (χ1n) is 10.2. The molecule has 1 saturated heterocycles. The molecule has 146 valence electrons. The van der Waals surface area contributed by atoms with Gasteiger partial charge in [0.1, 0.15) is 0 Å². The average Bonchev–Trinajstić information content (AvgIpc) is 3.10. The molecule has 5 nitrogen and oxygen atoms in total. The van der Waals surface area contributed by atoms with Gasteiger partial charge in [-0.3, -0.25) is 14.5 Å². The van der Waals surface area contributed by atoms with E-state index in [-0.39, 0.29) is 11.3 Å². The summed E-state index contributed by atoms with van der Waals surface area (Å²) < 4.78 is 2.03. The van der Waals surface area contributed by atoms with Gasteiger partial charge in [-0.15, -0.1) is 0 Å². The van der Waals surface area contributed by atoms with Crippen molar-refractivity contribution in [3.05, 3.63) is 36.2 Å². The summed E-state index contributed by atoms with van der Waals surface area (Å²) in [5, 5.41) is 4.41. The second-order valence-electron chi connectivity index (χ2n) is 8.64. The van der Waals surface area contributed by atoms with Gasteiger partial charge in [-0.2, -0.15) is 5.10 Å². The summed E-state index contributed by atoms with van der Waals surface area (Å²) in [5.41, 5.74) is 2.94. The maximum atomic E-state index is 12.5. The number of nitrogens with zero attached hydrogens (tertiary/aromatic N) is 4. The summed E-state index contributed by atoms with van der Waals surface area (Å²) in [6.45, 7) is 10.8. The van der Waals surface area contributed by atoms with Crippen LogP contribution in [0.4, 0.5) is 0 Å². The molecule has 3 heterocycles. The Kier molecular flexibility index (Phi) is 5.98. The molecule has 0 aromatic carbocycles. The Morgan fingerprint density at radius 3 is 2.59 bits per heavy atom. The fourth-order valence-corrected chi connectivity index (χ4v) is 3.79. The van der Waals surface area contributed by atoms with E-state index in [2.05, 4.69) is 30.2 Å². The minimum Gasteiger partial charge on any atom is -0.342 e. The highest BCUT2D eigenvalue weighted by Crippen LogP contribution is 2.26. The lowest BCUT2D eigenvalue weighted by atomic mass is 9.89. The zero-order valence-electron chi connectivity index (χ0n) is 17.1. The highest BCUT2D eigenvalue weighted by molar-refractivity contribution is 5.81. The van der Waals surface area contributed by atoms with E-state index >= 15 is 0 Å². The highest BCUT2D eigenvalue weighted by atomic mass is 16.2. The van der Waals surface area contributed by atoms with Crippen molar-refractivity contribution < 1.29 is 4.79 Å². The predicted molar refractivity (Wildman–Crippen MR) is 108 cm³/mol. The molecule has 0 unspecified atom stereocenters. The number of amides is 1. The number of likely N-dealkylation sites (tertiary alicyclic amines) is 1. The molecule has 0 aliphatic carbocycles. The fourth-order valence-electron chi connectivity index (χ4n) is 3.79. The van der Waals surface area contributed by atoms with E-state index in [1.165, 1.54) is 0 Å². The number of rotatable bonds is 5. The van der Waals surface area contributed by atoms with Gasteiger partial charge in [-0.1, -0.05) is 33.8 Å². The van der Waals surface area contributed by atoms with Gasteiger partial charge in [0.2, 0.25) is 5.91 Å². The third-order valence-corrected chi connectivity index (χ3v) is 5.26. The summed E-state index contributed by atoms with van der Waals surface area (Å²) in [5.74, 6) is 0.863. The SMILES string of the molecule is CCCn1nccc1-c1cccc(CC2CCN(C(=O)C(C)(C)C)CC2)n1. The molecule has 5 heteroatoms. The lowest BCUT2D eigenvalue weighted by molar-refractivity contribution is -0.140. The number of carbonyl (C=O) groups excluding carboxylic acids is 1. The molecule has 0 spiro atoms. The highest BCUT2D eigenvalue weighted by Gasteiger charge is 2.30. The molecule has 1 aliphatic rings. The minimum atomic E-state index is -0.288. The Morgan fingerprint density at radius 1 is 1.19 bits per heavy atom. The monoisotopic (exact) mass is 368 g/mol. The number of pyridine rings is 1. The molecule has 0 radical (unpaired) electrons. The largest absolute Gasteiger partial charge is 0.342 e. The van der Waals surface area contributed by atoms with E-state index in [1.54, 1.807) is 0 Å². The van der Waals surface area contributed by atoms with Crippen LogP contribution in [0.2, 0.25) is 0 Å². The molecule has 0 saturated carbocycles. The first-order valence-corrected chi connectivity index (χ1v) is 10.2. The molecular formula is C22H32N4O. The van der Waals surface area contributed by atoms with Gasteiger partial charge < -0.3 is 4.90 Å². The number of hydrogen-bond acceptors (Lipinski definition) is 3. The lowest BCUT2D eigenvalue weighted by Gasteiger charge is -2.35. The van der Waals surface area contributed by atoms with Crippen molar-refractivity contribution in [3.8, 4) is 11.4 Å². The minimum absolute atomic E-state index is 0.269. The van der Waals surface area contributed by atoms with Crippen LogP contribution in [0.1, 0.15) is 52.7 Å². The van der Waals surface area contributed by atoms with Crippen molar-refractivity contribution >= 4 is 5.91 Å². The van der Waals surface area contributed by atoms with Crippen LogP contribution in [0.3, 0.4) is 0 Å². The average molecular weight is 369 g/mol. The number of aromatic nitrogens is 3. The van der Waals surface area contributed by atoms with E-state index < -0.39 is 0 Å². The number of aryl methyl sites for hydroxylation is 1. The van der Waals surface area contributed by atoms with Gasteiger partial charge in [-0.05, 0) is 49.8 Å². The van der Waals surface area contributed by atoms with Gasteiger partial charge in [0.05, 0.1) is 11.4 Å². The van der Waals surface area contributed by atoms with Crippen molar-refractivity contribution in [1.29, 1.82) is 0 Å². The summed E-state index contributed by atoms with van der Waals surface area (Å²) in [4.78, 5) is 19.4. The standard InChI is InChI=1S/C22H32N4O/c1-5-13-26-20(9-12-23-26)19-8-6-7-18(24-19)16-17-10-14-25(15-11-17)21(27)22(2,3)4/h6-9,12,17H,5,10-11,13-16H2,1-4H3. The van der Waals surface area contributed by atoms with Crippen LogP contribution in [-0.2, 0) is 17.8 Å². The normalized spacial score (nSPS) is 15.9. The summed E-state index contributed by atoms with van der Waals surface area (Å²) in [7, 11) is 0. The molecule has 0 atom stereocenters. The Morgan fingerprint density at radius 2 is 1.93 bits per heavy atom. The zero-order valence-corrected chi connectivity index (χ0v) is 17.1. The zero-order chi connectivity index (χ0) is 19.4. The van der Waals surface area contributed by atoms with E-state index in [0.29, 0.717) is 5.92 Å². The van der Waals surface area contributed by atoms with Crippen molar-refractivity contribution in [1.82, 2.24) is 19.7 Å². The quantitative estimate of drug-likeness (QED) is 0.795. The molecule has 0 bridgehead atoms. The predicted octanol–water partition coefficient (Wildman–Crippen LogP) is 4.18. The van der Waals surface area contributed by atoms with Crippen LogP contribution < -0.4 is 0 Å². The molecular weight excluding hydrogens is 336 g/mol. The van der Waals surface area contributed by atoms with Crippen molar-refractivity contribution in [2.75, 3.05) is 13.1 Å². The first kappa shape index (κ1) is 19.6. The Bertz CT molecular complexity index is 767. The van der Waals surface area contributed by atoms with E-state index in [4.69, 9.17) is 4.98 Å². The second-order valence-corrected chi connectivity index (χ2v) is 8.64. The van der Waals surface area contributed by atoms with Crippen molar-refractivity contribution in [2.45, 2.75) is 59.9 Å². The summed E-state index contributed by atoms with van der Waals surface area (Å²) >= 11 is 0. The van der Waals surface area contributed by atoms with Crippen molar-refractivity contribution in [3.63, 3.8) is 0 Å². The first-order chi connectivity index (χ1) is 12.9. The molecule has 1 amide bonds. The number of carbonyl (C=O) groups is 1. The Labute approximate surface area is 162 Å². The van der Waals surface area contributed by atoms with Crippen molar-refractivity contribution in [2.24, 2.45) is 11.3 Å². The molecule has 27 heavy (non-hydrogen) atoms. The summed E-state index contributed by atoms with van der Waals surface area (Å²) in [6, 6.07) is 8.32. The molecule has 1 fully saturated rings. The van der Waals surface area contributed by atoms with Gasteiger partial charge >= 0.3 is 0 Å².